The van der Waals surface area contributed by atoms with Crippen molar-refractivity contribution in [3.05, 3.63) is 36.9 Å². The number of anilines is 1. The molecule has 6 heteroatoms. The molecule has 1 aromatic heterocycles. The number of oxazole rings is 1. The summed E-state index contributed by atoms with van der Waals surface area (Å²) in [5, 5.41) is 5.80. The summed E-state index contributed by atoms with van der Waals surface area (Å²) in [6.07, 6.45) is 3.01. The zero-order valence-corrected chi connectivity index (χ0v) is 11.3. The van der Waals surface area contributed by atoms with E-state index >= 15 is 0 Å². The van der Waals surface area contributed by atoms with Crippen LogP contribution in [0.4, 0.5) is 5.69 Å². The Balaban J connectivity index is 1.90. The molecule has 0 atom stereocenters. The number of aromatic nitrogens is 1. The Morgan fingerprint density at radius 1 is 1.45 bits per heavy atom. The van der Waals surface area contributed by atoms with Crippen molar-refractivity contribution in [1.29, 1.82) is 0 Å². The number of carbonyl (C=O) groups excluding carboxylic acids is 1. The molecule has 0 aliphatic rings. The largest absolute Gasteiger partial charge is 0.444 e. The lowest BCUT2D eigenvalue weighted by Gasteiger charge is -2.07. The van der Waals surface area contributed by atoms with Gasteiger partial charge in [0, 0.05) is 24.9 Å². The number of nitrogens with one attached hydrogen (secondary N) is 2. The van der Waals surface area contributed by atoms with Crippen molar-refractivity contribution >= 4 is 11.6 Å². The molecule has 0 saturated carbocycles. The van der Waals surface area contributed by atoms with Gasteiger partial charge in [0.25, 0.3) is 0 Å². The first-order valence-electron chi connectivity index (χ1n) is 6.28. The number of carbonyl (C=O) groups is 1. The summed E-state index contributed by atoms with van der Waals surface area (Å²) in [5.74, 6) is 0.565. The summed E-state index contributed by atoms with van der Waals surface area (Å²) >= 11 is 0. The predicted molar refractivity (Wildman–Crippen MR) is 75.3 cm³/mol. The normalized spacial score (nSPS) is 10.4. The second kappa shape index (κ2) is 7.42. The van der Waals surface area contributed by atoms with Gasteiger partial charge in [-0.05, 0) is 12.1 Å². The van der Waals surface area contributed by atoms with Gasteiger partial charge in [-0.25, -0.2) is 4.98 Å². The number of rotatable bonds is 7. The molecule has 6 nitrogen and oxygen atoms in total. The Morgan fingerprint density at radius 2 is 2.35 bits per heavy atom. The molecule has 0 fully saturated rings. The van der Waals surface area contributed by atoms with E-state index in [4.69, 9.17) is 9.15 Å². The predicted octanol–water partition coefficient (Wildman–Crippen LogP) is 1.52. The van der Waals surface area contributed by atoms with E-state index in [-0.39, 0.29) is 12.5 Å². The Labute approximate surface area is 117 Å². The van der Waals surface area contributed by atoms with Gasteiger partial charge in [-0.3, -0.25) is 4.79 Å². The molecule has 106 valence electrons. The quantitative estimate of drug-likeness (QED) is 0.749. The first-order valence-corrected chi connectivity index (χ1v) is 6.28. The number of ether oxygens (including phenoxy) is 1. The fourth-order valence-electron chi connectivity index (χ4n) is 1.69. The van der Waals surface area contributed by atoms with Gasteiger partial charge in [0.1, 0.15) is 0 Å². The Bertz CT molecular complexity index is 540. The smallest absolute Gasteiger partial charge is 0.238 e. The molecule has 0 spiro atoms. The van der Waals surface area contributed by atoms with Gasteiger partial charge >= 0.3 is 0 Å². The van der Waals surface area contributed by atoms with Crippen LogP contribution in [0, 0.1) is 0 Å². The fraction of sp³-hybridized carbons (Fsp3) is 0.286. The minimum atomic E-state index is -0.101. The van der Waals surface area contributed by atoms with Gasteiger partial charge in [-0.15, -0.1) is 0 Å². The summed E-state index contributed by atoms with van der Waals surface area (Å²) < 4.78 is 10.1. The number of methoxy groups -OCH3 is 1. The lowest BCUT2D eigenvalue weighted by molar-refractivity contribution is -0.115. The first-order chi connectivity index (χ1) is 9.79. The van der Waals surface area contributed by atoms with Crippen LogP contribution in [0.2, 0.25) is 0 Å². The monoisotopic (exact) mass is 275 g/mol. The molecule has 0 bridgehead atoms. The zero-order chi connectivity index (χ0) is 14.2. The number of hydrogen-bond acceptors (Lipinski definition) is 5. The Kier molecular flexibility index (Phi) is 5.28. The van der Waals surface area contributed by atoms with Crippen molar-refractivity contribution in [1.82, 2.24) is 10.3 Å². The zero-order valence-electron chi connectivity index (χ0n) is 11.3. The van der Waals surface area contributed by atoms with Gasteiger partial charge in [-0.2, -0.15) is 0 Å². The van der Waals surface area contributed by atoms with E-state index in [2.05, 4.69) is 15.6 Å². The number of benzene rings is 1. The molecule has 2 rings (SSSR count). The van der Waals surface area contributed by atoms with E-state index in [0.29, 0.717) is 18.9 Å². The summed E-state index contributed by atoms with van der Waals surface area (Å²) in [4.78, 5) is 15.6. The van der Waals surface area contributed by atoms with Crippen LogP contribution in [0.3, 0.4) is 0 Å². The van der Waals surface area contributed by atoms with E-state index in [9.17, 15) is 4.79 Å². The SMILES string of the molecule is COCCNCC(=O)Nc1cccc(-c2cnco2)c1. The molecule has 2 N–H and O–H groups in total. The topological polar surface area (TPSA) is 76.4 Å². The van der Waals surface area contributed by atoms with Gasteiger partial charge in [0.15, 0.2) is 12.2 Å². The lowest BCUT2D eigenvalue weighted by Crippen LogP contribution is -2.30. The van der Waals surface area contributed by atoms with Crippen molar-refractivity contribution < 1.29 is 13.9 Å². The Hall–Kier alpha value is -2.18. The minimum absolute atomic E-state index is 0.101. The van der Waals surface area contributed by atoms with E-state index in [1.807, 2.05) is 24.3 Å². The van der Waals surface area contributed by atoms with Crippen LogP contribution >= 0.6 is 0 Å². The molecule has 1 aromatic carbocycles. The van der Waals surface area contributed by atoms with E-state index in [1.165, 1.54) is 6.39 Å². The second-order valence-corrected chi connectivity index (χ2v) is 4.16. The molecule has 0 aliphatic carbocycles. The average molecular weight is 275 g/mol. The Morgan fingerprint density at radius 3 is 3.10 bits per heavy atom. The highest BCUT2D eigenvalue weighted by atomic mass is 16.5. The molecular formula is C14H17N3O3. The number of amides is 1. The number of nitrogens with zero attached hydrogens (tertiary/aromatic N) is 1. The highest BCUT2D eigenvalue weighted by Gasteiger charge is 2.05. The maximum absolute atomic E-state index is 11.7. The van der Waals surface area contributed by atoms with Gasteiger partial charge < -0.3 is 19.8 Å². The summed E-state index contributed by atoms with van der Waals surface area (Å²) in [6, 6.07) is 7.42. The third kappa shape index (κ3) is 4.18. The van der Waals surface area contributed by atoms with Crippen LogP contribution in [0.15, 0.2) is 41.3 Å². The van der Waals surface area contributed by atoms with E-state index in [0.717, 1.165) is 11.3 Å². The summed E-state index contributed by atoms with van der Waals surface area (Å²) in [6.45, 7) is 1.46. The van der Waals surface area contributed by atoms with Crippen LogP contribution in [-0.4, -0.2) is 37.7 Å². The first kappa shape index (κ1) is 14.2. The third-order valence-corrected chi connectivity index (χ3v) is 2.63. The molecule has 0 aliphatic heterocycles. The second-order valence-electron chi connectivity index (χ2n) is 4.16. The highest BCUT2D eigenvalue weighted by Crippen LogP contribution is 2.21. The number of hydrogen-bond donors (Lipinski definition) is 2. The van der Waals surface area contributed by atoms with Crippen LogP contribution in [-0.2, 0) is 9.53 Å². The van der Waals surface area contributed by atoms with Crippen LogP contribution in [0.1, 0.15) is 0 Å². The summed E-state index contributed by atoms with van der Waals surface area (Å²) in [7, 11) is 1.62. The van der Waals surface area contributed by atoms with Crippen molar-refractivity contribution in [2.75, 3.05) is 32.1 Å². The van der Waals surface area contributed by atoms with Crippen molar-refractivity contribution in [3.63, 3.8) is 0 Å². The molecule has 0 saturated heterocycles. The maximum atomic E-state index is 11.7. The van der Waals surface area contributed by atoms with Gasteiger partial charge in [0.05, 0.1) is 19.3 Å². The molecule has 0 unspecified atom stereocenters. The van der Waals surface area contributed by atoms with Gasteiger partial charge in [-0.1, -0.05) is 12.1 Å². The molecule has 20 heavy (non-hydrogen) atoms. The molecule has 2 aromatic rings. The van der Waals surface area contributed by atoms with Crippen molar-refractivity contribution in [2.45, 2.75) is 0 Å². The van der Waals surface area contributed by atoms with Crippen molar-refractivity contribution in [2.24, 2.45) is 0 Å². The highest BCUT2D eigenvalue weighted by molar-refractivity contribution is 5.92. The molecule has 0 radical (unpaired) electrons. The van der Waals surface area contributed by atoms with Crippen LogP contribution in [0.5, 0.6) is 0 Å². The van der Waals surface area contributed by atoms with Gasteiger partial charge in [0.2, 0.25) is 5.91 Å². The van der Waals surface area contributed by atoms with Crippen LogP contribution < -0.4 is 10.6 Å². The van der Waals surface area contributed by atoms with E-state index < -0.39 is 0 Å². The average Bonchev–Trinajstić information content (AvgIpc) is 2.98. The molecule has 1 amide bonds. The maximum Gasteiger partial charge on any atom is 0.238 e. The van der Waals surface area contributed by atoms with Crippen molar-refractivity contribution in [3.8, 4) is 11.3 Å². The van der Waals surface area contributed by atoms with Crippen LogP contribution in [0.25, 0.3) is 11.3 Å². The third-order valence-electron chi connectivity index (χ3n) is 2.63. The summed E-state index contributed by atoms with van der Waals surface area (Å²) in [5.41, 5.74) is 1.59. The standard InChI is InChI=1S/C14H17N3O3/c1-19-6-5-15-9-14(18)17-12-4-2-3-11(7-12)13-8-16-10-20-13/h2-4,7-8,10,15H,5-6,9H2,1H3,(H,17,18). The van der Waals surface area contributed by atoms with E-state index in [1.54, 1.807) is 13.3 Å². The lowest BCUT2D eigenvalue weighted by atomic mass is 10.1. The minimum Gasteiger partial charge on any atom is -0.444 e. The fourth-order valence-corrected chi connectivity index (χ4v) is 1.69. The molecular weight excluding hydrogens is 258 g/mol. The molecule has 1 heterocycles.